The van der Waals surface area contributed by atoms with Crippen LogP contribution in [-0.4, -0.2) is 23.9 Å². The number of hydrogen-bond acceptors (Lipinski definition) is 3. The molecule has 2 aliphatic rings. The quantitative estimate of drug-likeness (QED) is 0.706. The van der Waals surface area contributed by atoms with E-state index in [1.165, 1.54) is 0 Å². The third-order valence-electron chi connectivity index (χ3n) is 5.56. The van der Waals surface area contributed by atoms with E-state index in [4.69, 9.17) is 0 Å². The van der Waals surface area contributed by atoms with Crippen molar-refractivity contribution >= 4 is 40.3 Å². The minimum absolute atomic E-state index is 0.0510. The smallest absolute Gasteiger partial charge is 0.337 e. The normalized spacial score (nSPS) is 16.2. The Hall–Kier alpha value is -3.92. The minimum atomic E-state index is -0.964. The molecule has 4 heteroatoms. The van der Waals surface area contributed by atoms with Gasteiger partial charge in [-0.1, -0.05) is 60.7 Å². The second kappa shape index (κ2) is 6.31. The van der Waals surface area contributed by atoms with Gasteiger partial charge in [0.25, 0.3) is 0 Å². The van der Waals surface area contributed by atoms with Gasteiger partial charge in [-0.15, -0.1) is 0 Å². The number of hydrogen-bond donors (Lipinski definition) is 1. The third kappa shape index (κ3) is 2.53. The van der Waals surface area contributed by atoms with Gasteiger partial charge in [-0.2, -0.15) is 0 Å². The molecule has 29 heavy (non-hydrogen) atoms. The summed E-state index contributed by atoms with van der Waals surface area (Å²) in [5.41, 5.74) is 5.09. The fraction of sp³-hybridized carbons (Fsp3) is 0.0400. The summed E-state index contributed by atoms with van der Waals surface area (Å²) in [5.74, 6) is -1.01. The summed E-state index contributed by atoms with van der Waals surface area (Å²) >= 11 is 0. The number of carboxylic acids is 1. The maximum absolute atomic E-state index is 12.7. The second-order valence-electron chi connectivity index (χ2n) is 7.15. The molecule has 1 aliphatic heterocycles. The molecule has 1 heterocycles. The Morgan fingerprint density at radius 3 is 2.38 bits per heavy atom. The standard InChI is InChI=1S/C25H17NO3/c1-26-20-9-5-4-8-18(20)24(25(28)29)19-12-10-16(14-21(19)26)23-17-7-3-2-6-15(17)11-13-22(23)27/h2-14H,1H3,(H,28,29)/b23-16-. The van der Waals surface area contributed by atoms with E-state index in [2.05, 4.69) is 0 Å². The fourth-order valence-electron chi connectivity index (χ4n) is 4.21. The molecule has 0 spiro atoms. The minimum Gasteiger partial charge on any atom is -0.478 e. The van der Waals surface area contributed by atoms with E-state index in [0.29, 0.717) is 16.4 Å². The maximum Gasteiger partial charge on any atom is 0.337 e. The van der Waals surface area contributed by atoms with Crippen molar-refractivity contribution in [3.05, 3.63) is 99.9 Å². The van der Waals surface area contributed by atoms with Crippen LogP contribution in [0.1, 0.15) is 16.7 Å². The van der Waals surface area contributed by atoms with Crippen molar-refractivity contribution < 1.29 is 14.7 Å². The molecule has 0 unspecified atom stereocenters. The molecule has 4 nitrogen and oxygen atoms in total. The highest BCUT2D eigenvalue weighted by Gasteiger charge is 2.25. The molecule has 0 bridgehead atoms. The highest BCUT2D eigenvalue weighted by atomic mass is 16.4. The highest BCUT2D eigenvalue weighted by Crippen LogP contribution is 2.33. The van der Waals surface area contributed by atoms with Crippen LogP contribution in [0.5, 0.6) is 0 Å². The Morgan fingerprint density at radius 1 is 0.862 bits per heavy atom. The lowest BCUT2D eigenvalue weighted by Gasteiger charge is -2.28. The number of nitrogens with zero attached hydrogens (tertiary/aromatic N) is 1. The van der Waals surface area contributed by atoms with Gasteiger partial charge >= 0.3 is 5.97 Å². The van der Waals surface area contributed by atoms with Gasteiger partial charge < -0.3 is 10.0 Å². The van der Waals surface area contributed by atoms with Crippen LogP contribution in [0.3, 0.4) is 0 Å². The first-order valence-electron chi connectivity index (χ1n) is 9.33. The number of carbonyl (C=O) groups is 2. The van der Waals surface area contributed by atoms with Gasteiger partial charge in [0.05, 0.1) is 5.57 Å². The highest BCUT2D eigenvalue weighted by molar-refractivity contribution is 6.29. The van der Waals surface area contributed by atoms with E-state index in [1.807, 2.05) is 84.8 Å². The molecule has 3 aromatic rings. The van der Waals surface area contributed by atoms with Crippen LogP contribution in [0.25, 0.3) is 17.2 Å². The molecule has 3 aromatic carbocycles. The SMILES string of the molecule is CN1c2ccccc2C(C(=O)O)=c2cc/c(=C3/C(=O)C=Cc4ccccc43)cc21. The van der Waals surface area contributed by atoms with Crippen LogP contribution in [-0.2, 0) is 9.59 Å². The molecule has 5 rings (SSSR count). The van der Waals surface area contributed by atoms with Gasteiger partial charge in [-0.3, -0.25) is 4.79 Å². The Bertz CT molecular complexity index is 1360. The van der Waals surface area contributed by atoms with E-state index in [9.17, 15) is 14.7 Å². The number of carbonyl (C=O) groups excluding carboxylic acids is 1. The number of anilines is 2. The maximum atomic E-state index is 12.7. The summed E-state index contributed by atoms with van der Waals surface area (Å²) in [6, 6.07) is 20.8. The lowest BCUT2D eigenvalue weighted by atomic mass is 9.89. The molecular formula is C25H17NO3. The van der Waals surface area contributed by atoms with Crippen LogP contribution in [0.15, 0.2) is 72.8 Å². The van der Waals surface area contributed by atoms with Crippen molar-refractivity contribution in [3.63, 3.8) is 0 Å². The number of aliphatic carboxylic acids is 1. The average Bonchev–Trinajstić information content (AvgIpc) is 2.74. The van der Waals surface area contributed by atoms with Crippen molar-refractivity contribution in [3.8, 4) is 0 Å². The molecule has 0 atom stereocenters. The molecule has 1 N–H and O–H groups in total. The number of para-hydroxylation sites is 1. The zero-order valence-corrected chi connectivity index (χ0v) is 15.7. The third-order valence-corrected chi connectivity index (χ3v) is 5.56. The Morgan fingerprint density at radius 2 is 1.59 bits per heavy atom. The number of rotatable bonds is 1. The molecule has 0 saturated heterocycles. The van der Waals surface area contributed by atoms with E-state index >= 15 is 0 Å². The molecule has 0 fully saturated rings. The van der Waals surface area contributed by atoms with Crippen molar-refractivity contribution in [2.45, 2.75) is 0 Å². The summed E-state index contributed by atoms with van der Waals surface area (Å²) < 4.78 is 0. The summed E-state index contributed by atoms with van der Waals surface area (Å²) in [4.78, 5) is 26.8. The predicted molar refractivity (Wildman–Crippen MR) is 113 cm³/mol. The van der Waals surface area contributed by atoms with Crippen LogP contribution < -0.4 is 15.3 Å². The van der Waals surface area contributed by atoms with Crippen LogP contribution >= 0.6 is 0 Å². The van der Waals surface area contributed by atoms with Crippen molar-refractivity contribution in [2.75, 3.05) is 11.9 Å². The summed E-state index contributed by atoms with van der Waals surface area (Å²) in [6.45, 7) is 0. The van der Waals surface area contributed by atoms with E-state index in [0.717, 1.165) is 27.7 Å². The van der Waals surface area contributed by atoms with Crippen molar-refractivity contribution in [1.82, 2.24) is 0 Å². The van der Waals surface area contributed by atoms with Gasteiger partial charge in [0, 0.05) is 34.8 Å². The van der Waals surface area contributed by atoms with Crippen LogP contribution in [0, 0.1) is 0 Å². The Balaban J connectivity index is 1.88. The molecule has 0 radical (unpaired) electrons. The van der Waals surface area contributed by atoms with E-state index in [-0.39, 0.29) is 11.4 Å². The summed E-state index contributed by atoms with van der Waals surface area (Å²) in [7, 11) is 1.92. The zero-order chi connectivity index (χ0) is 20.1. The average molecular weight is 379 g/mol. The molecule has 0 aromatic heterocycles. The van der Waals surface area contributed by atoms with Crippen molar-refractivity contribution in [1.29, 1.82) is 0 Å². The Labute approximate surface area is 167 Å². The van der Waals surface area contributed by atoms with E-state index in [1.54, 1.807) is 6.08 Å². The van der Waals surface area contributed by atoms with E-state index < -0.39 is 5.97 Å². The number of fused-ring (bicyclic) bond motifs is 3. The molecule has 0 saturated carbocycles. The summed E-state index contributed by atoms with van der Waals surface area (Å²) in [5, 5.41) is 11.3. The van der Waals surface area contributed by atoms with Crippen LogP contribution in [0.4, 0.5) is 11.4 Å². The largest absolute Gasteiger partial charge is 0.478 e. The van der Waals surface area contributed by atoms with Gasteiger partial charge in [0.1, 0.15) is 0 Å². The van der Waals surface area contributed by atoms with Crippen LogP contribution in [0.2, 0.25) is 0 Å². The second-order valence-corrected chi connectivity index (χ2v) is 7.15. The predicted octanol–water partition coefficient (Wildman–Crippen LogP) is 2.85. The fourth-order valence-corrected chi connectivity index (χ4v) is 4.21. The number of allylic oxidation sites excluding steroid dienone is 1. The van der Waals surface area contributed by atoms with Gasteiger partial charge in [0.2, 0.25) is 0 Å². The lowest BCUT2D eigenvalue weighted by Crippen LogP contribution is -2.31. The first-order valence-corrected chi connectivity index (χ1v) is 9.33. The molecule has 0 amide bonds. The molecular weight excluding hydrogens is 362 g/mol. The number of ketones is 1. The van der Waals surface area contributed by atoms with Gasteiger partial charge in [-0.05, 0) is 34.6 Å². The first kappa shape index (κ1) is 17.2. The molecule has 1 aliphatic carbocycles. The van der Waals surface area contributed by atoms with Gasteiger partial charge in [0.15, 0.2) is 5.78 Å². The topological polar surface area (TPSA) is 57.6 Å². The zero-order valence-electron chi connectivity index (χ0n) is 15.7. The molecule has 140 valence electrons. The number of carboxylic acid groups (broad SMARTS) is 1. The van der Waals surface area contributed by atoms with Crippen molar-refractivity contribution in [2.24, 2.45) is 0 Å². The van der Waals surface area contributed by atoms with Gasteiger partial charge in [-0.25, -0.2) is 4.79 Å². The summed E-state index contributed by atoms with van der Waals surface area (Å²) in [6.07, 6.45) is 3.42. The Kier molecular flexibility index (Phi) is 3.74. The monoisotopic (exact) mass is 379 g/mol. The number of benzene rings is 3. The first-order chi connectivity index (χ1) is 14.1. The lowest BCUT2D eigenvalue weighted by molar-refractivity contribution is -0.130.